The number of nitrogens with zero attached hydrogens (tertiary/aromatic N) is 1. The number of hydrogen-bond acceptors (Lipinski definition) is 4. The maximum atomic E-state index is 11.3. The van der Waals surface area contributed by atoms with Gasteiger partial charge in [-0.05, 0) is 38.5 Å². The van der Waals surface area contributed by atoms with Crippen LogP contribution in [0.3, 0.4) is 0 Å². The van der Waals surface area contributed by atoms with Crippen LogP contribution >= 0.6 is 0 Å². The zero-order chi connectivity index (χ0) is 15.2. The molecule has 0 radical (unpaired) electrons. The first kappa shape index (κ1) is 15.7. The van der Waals surface area contributed by atoms with Gasteiger partial charge in [-0.3, -0.25) is 10.1 Å². The number of nitrogens with one attached hydrogen (secondary N) is 1. The number of alkyl carbamates (subject to hydrolysis) is 1. The lowest BCUT2D eigenvalue weighted by atomic mass is 10.2. The van der Waals surface area contributed by atoms with Crippen LogP contribution in [0.5, 0.6) is 0 Å². The Hall–Kier alpha value is -2.37. The maximum absolute atomic E-state index is 11.3. The number of amides is 1. The molecule has 0 aliphatic heterocycles. The molecule has 20 heavy (non-hydrogen) atoms. The molecular weight excluding hydrogens is 260 g/mol. The first-order chi connectivity index (χ1) is 9.28. The van der Waals surface area contributed by atoms with Gasteiger partial charge < -0.3 is 10.1 Å². The van der Waals surface area contributed by atoms with Gasteiger partial charge in [0.1, 0.15) is 5.60 Å². The highest BCUT2D eigenvalue weighted by molar-refractivity contribution is 5.68. The van der Waals surface area contributed by atoms with E-state index in [1.807, 2.05) is 0 Å². The Kier molecular flexibility index (Phi) is 5.25. The molecule has 0 heterocycles. The van der Waals surface area contributed by atoms with E-state index in [9.17, 15) is 14.9 Å². The molecule has 6 heteroatoms. The number of carbonyl (C=O) groups is 1. The fourth-order valence-corrected chi connectivity index (χ4v) is 1.36. The topological polar surface area (TPSA) is 81.5 Å². The molecule has 0 saturated heterocycles. The zero-order valence-corrected chi connectivity index (χ0v) is 11.8. The Morgan fingerprint density at radius 3 is 2.45 bits per heavy atom. The van der Waals surface area contributed by atoms with Crippen molar-refractivity contribution in [3.05, 3.63) is 46.0 Å². The summed E-state index contributed by atoms with van der Waals surface area (Å²) < 4.78 is 5.07. The summed E-state index contributed by atoms with van der Waals surface area (Å²) in [6, 6.07) is 6.14. The highest BCUT2D eigenvalue weighted by Crippen LogP contribution is 2.12. The van der Waals surface area contributed by atoms with Crippen LogP contribution in [0.25, 0.3) is 6.08 Å². The van der Waals surface area contributed by atoms with Crippen molar-refractivity contribution in [1.82, 2.24) is 5.32 Å². The summed E-state index contributed by atoms with van der Waals surface area (Å²) in [6.45, 7) is 5.70. The Balaban J connectivity index is 2.42. The van der Waals surface area contributed by atoms with Gasteiger partial charge in [-0.15, -0.1) is 0 Å². The van der Waals surface area contributed by atoms with Crippen LogP contribution in [0, 0.1) is 10.1 Å². The van der Waals surface area contributed by atoms with Crippen molar-refractivity contribution < 1.29 is 14.5 Å². The molecule has 0 fully saturated rings. The van der Waals surface area contributed by atoms with E-state index < -0.39 is 16.6 Å². The molecule has 0 spiro atoms. The maximum Gasteiger partial charge on any atom is 0.407 e. The molecule has 0 aromatic heterocycles. The van der Waals surface area contributed by atoms with Crippen LogP contribution in [0.1, 0.15) is 26.3 Å². The van der Waals surface area contributed by atoms with Gasteiger partial charge >= 0.3 is 6.09 Å². The third kappa shape index (κ3) is 5.99. The number of nitro groups is 1. The van der Waals surface area contributed by atoms with Gasteiger partial charge in [0, 0.05) is 18.7 Å². The van der Waals surface area contributed by atoms with E-state index in [1.165, 1.54) is 12.1 Å². The second-order valence-electron chi connectivity index (χ2n) is 5.13. The van der Waals surface area contributed by atoms with E-state index in [2.05, 4.69) is 5.32 Å². The summed E-state index contributed by atoms with van der Waals surface area (Å²) in [5.74, 6) is 0. The normalized spacial score (nSPS) is 11.3. The van der Waals surface area contributed by atoms with Crippen LogP contribution in [0.2, 0.25) is 0 Å². The quantitative estimate of drug-likeness (QED) is 0.677. The van der Waals surface area contributed by atoms with Crippen LogP contribution in [-0.4, -0.2) is 23.2 Å². The fraction of sp³-hybridized carbons (Fsp3) is 0.357. The summed E-state index contributed by atoms with van der Waals surface area (Å²) >= 11 is 0. The van der Waals surface area contributed by atoms with E-state index in [0.29, 0.717) is 6.54 Å². The first-order valence-electron chi connectivity index (χ1n) is 6.16. The van der Waals surface area contributed by atoms with Crippen LogP contribution in [0.4, 0.5) is 10.5 Å². The summed E-state index contributed by atoms with van der Waals surface area (Å²) in [4.78, 5) is 21.4. The number of non-ortho nitro benzene ring substituents is 1. The van der Waals surface area contributed by atoms with Crippen molar-refractivity contribution in [2.75, 3.05) is 6.54 Å². The minimum Gasteiger partial charge on any atom is -0.444 e. The Morgan fingerprint density at radius 2 is 1.95 bits per heavy atom. The highest BCUT2D eigenvalue weighted by Gasteiger charge is 2.14. The molecule has 108 valence electrons. The molecule has 0 atom stereocenters. The van der Waals surface area contributed by atoms with Crippen molar-refractivity contribution in [2.45, 2.75) is 26.4 Å². The SMILES string of the molecule is CC(C)(C)OC(=O)NC/C=C/c1ccc([N+](=O)[O-])cc1. The number of ether oxygens (including phenoxy) is 1. The van der Waals surface area contributed by atoms with Crippen molar-refractivity contribution >= 4 is 17.9 Å². The largest absolute Gasteiger partial charge is 0.444 e. The Labute approximate surface area is 117 Å². The monoisotopic (exact) mass is 278 g/mol. The molecule has 6 nitrogen and oxygen atoms in total. The number of rotatable bonds is 4. The van der Waals surface area contributed by atoms with Gasteiger partial charge in [-0.25, -0.2) is 4.79 Å². The van der Waals surface area contributed by atoms with Crippen LogP contribution < -0.4 is 5.32 Å². The van der Waals surface area contributed by atoms with E-state index in [1.54, 1.807) is 45.1 Å². The number of hydrogen-bond donors (Lipinski definition) is 1. The van der Waals surface area contributed by atoms with Gasteiger partial charge in [0.25, 0.3) is 5.69 Å². The number of benzene rings is 1. The lowest BCUT2D eigenvalue weighted by molar-refractivity contribution is -0.384. The van der Waals surface area contributed by atoms with Crippen LogP contribution in [0.15, 0.2) is 30.3 Å². The molecule has 1 aromatic carbocycles. The smallest absolute Gasteiger partial charge is 0.407 e. The third-order valence-electron chi connectivity index (χ3n) is 2.18. The Morgan fingerprint density at radius 1 is 1.35 bits per heavy atom. The van der Waals surface area contributed by atoms with Crippen LogP contribution in [-0.2, 0) is 4.74 Å². The van der Waals surface area contributed by atoms with E-state index in [0.717, 1.165) is 5.56 Å². The standard InChI is InChI=1S/C14H18N2O4/c1-14(2,3)20-13(17)15-10-4-5-11-6-8-12(9-7-11)16(18)19/h4-9H,10H2,1-3H3,(H,15,17)/b5-4+. The van der Waals surface area contributed by atoms with Gasteiger partial charge in [-0.1, -0.05) is 12.2 Å². The summed E-state index contributed by atoms with van der Waals surface area (Å²) in [5.41, 5.74) is 0.349. The highest BCUT2D eigenvalue weighted by atomic mass is 16.6. The average Bonchev–Trinajstić information content (AvgIpc) is 2.33. The van der Waals surface area contributed by atoms with Crippen molar-refractivity contribution in [3.8, 4) is 0 Å². The minimum atomic E-state index is -0.522. The molecule has 1 amide bonds. The first-order valence-corrected chi connectivity index (χ1v) is 6.16. The molecule has 0 bridgehead atoms. The second kappa shape index (κ2) is 6.70. The van der Waals surface area contributed by atoms with Gasteiger partial charge in [-0.2, -0.15) is 0 Å². The molecule has 1 rings (SSSR count). The minimum absolute atomic E-state index is 0.0500. The van der Waals surface area contributed by atoms with Gasteiger partial charge in [0.2, 0.25) is 0 Å². The molecule has 1 aromatic rings. The zero-order valence-electron chi connectivity index (χ0n) is 11.8. The summed E-state index contributed by atoms with van der Waals surface area (Å²) in [7, 11) is 0. The summed E-state index contributed by atoms with van der Waals surface area (Å²) in [6.07, 6.45) is 3.03. The van der Waals surface area contributed by atoms with Gasteiger partial charge in [0.15, 0.2) is 0 Å². The molecular formula is C14H18N2O4. The lowest BCUT2D eigenvalue weighted by Gasteiger charge is -2.19. The third-order valence-corrected chi connectivity index (χ3v) is 2.18. The van der Waals surface area contributed by atoms with Gasteiger partial charge in [0.05, 0.1) is 4.92 Å². The second-order valence-corrected chi connectivity index (χ2v) is 5.13. The predicted octanol–water partition coefficient (Wildman–Crippen LogP) is 3.13. The number of nitro benzene ring substituents is 1. The van der Waals surface area contributed by atoms with E-state index >= 15 is 0 Å². The van der Waals surface area contributed by atoms with Crippen molar-refractivity contribution in [3.63, 3.8) is 0 Å². The van der Waals surface area contributed by atoms with E-state index in [4.69, 9.17) is 4.74 Å². The molecule has 0 aliphatic carbocycles. The van der Waals surface area contributed by atoms with Crippen molar-refractivity contribution in [2.24, 2.45) is 0 Å². The van der Waals surface area contributed by atoms with Crippen molar-refractivity contribution in [1.29, 1.82) is 0 Å². The average molecular weight is 278 g/mol. The fourth-order valence-electron chi connectivity index (χ4n) is 1.36. The van der Waals surface area contributed by atoms with E-state index in [-0.39, 0.29) is 5.69 Å². The predicted molar refractivity (Wildman–Crippen MR) is 76.4 cm³/mol. The Bertz CT molecular complexity index is 501. The number of carbonyl (C=O) groups excluding carboxylic acids is 1. The molecule has 0 aliphatic rings. The molecule has 0 saturated carbocycles. The summed E-state index contributed by atoms with van der Waals surface area (Å²) in [5, 5.41) is 13.1. The molecule has 0 unspecified atom stereocenters. The lowest BCUT2D eigenvalue weighted by Crippen LogP contribution is -2.32. The molecule has 1 N–H and O–H groups in total.